The quantitative estimate of drug-likeness (QED) is 0.772. The molecular weight excluding hydrogens is 302 g/mol. The molecule has 0 unspecified atom stereocenters. The summed E-state index contributed by atoms with van der Waals surface area (Å²) in [6.45, 7) is 6.22. The molecule has 3 aromatic rings. The number of amides is 1. The van der Waals surface area contributed by atoms with Crippen molar-refractivity contribution < 1.29 is 9.42 Å². The second-order valence-electron chi connectivity index (χ2n) is 6.06. The highest BCUT2D eigenvalue weighted by Crippen LogP contribution is 2.26. The molecule has 1 heterocycles. The minimum atomic E-state index is -0.241. The summed E-state index contributed by atoms with van der Waals surface area (Å²) in [6, 6.07) is 15.4. The van der Waals surface area contributed by atoms with Crippen LogP contribution in [0.3, 0.4) is 0 Å². The van der Waals surface area contributed by atoms with E-state index in [0.717, 1.165) is 11.1 Å². The minimum Gasteiger partial charge on any atom is -0.302 e. The van der Waals surface area contributed by atoms with Crippen LogP contribution in [0.2, 0.25) is 0 Å². The second-order valence-corrected chi connectivity index (χ2v) is 6.06. The van der Waals surface area contributed by atoms with Crippen molar-refractivity contribution in [3.8, 4) is 11.3 Å². The third-order valence-corrected chi connectivity index (χ3v) is 3.85. The molecule has 1 amide bonds. The number of carbonyl (C=O) groups excluding carboxylic acids is 1. The third-order valence-electron chi connectivity index (χ3n) is 3.85. The van der Waals surface area contributed by atoms with Gasteiger partial charge in [0.1, 0.15) is 0 Å². The Labute approximate surface area is 140 Å². The lowest BCUT2D eigenvalue weighted by Crippen LogP contribution is -2.12. The van der Waals surface area contributed by atoms with E-state index in [1.807, 2.05) is 49.4 Å². The third kappa shape index (κ3) is 3.35. The fourth-order valence-corrected chi connectivity index (χ4v) is 2.45. The van der Waals surface area contributed by atoms with Crippen molar-refractivity contribution in [3.63, 3.8) is 0 Å². The Morgan fingerprint density at radius 2 is 1.83 bits per heavy atom. The van der Waals surface area contributed by atoms with Gasteiger partial charge in [0.05, 0.1) is 0 Å². The van der Waals surface area contributed by atoms with E-state index >= 15 is 0 Å². The molecule has 122 valence electrons. The van der Waals surface area contributed by atoms with Gasteiger partial charge < -0.3 is 5.32 Å². The molecule has 0 spiro atoms. The van der Waals surface area contributed by atoms with Crippen molar-refractivity contribution >= 4 is 11.7 Å². The van der Waals surface area contributed by atoms with Crippen LogP contribution in [-0.4, -0.2) is 16.2 Å². The van der Waals surface area contributed by atoms with E-state index < -0.39 is 0 Å². The lowest BCUT2D eigenvalue weighted by molar-refractivity contribution is 0.102. The maximum atomic E-state index is 12.4. The first-order valence-electron chi connectivity index (χ1n) is 7.85. The van der Waals surface area contributed by atoms with Crippen molar-refractivity contribution in [2.75, 3.05) is 5.32 Å². The first kappa shape index (κ1) is 15.9. The summed E-state index contributed by atoms with van der Waals surface area (Å²) in [5.41, 5.74) is 4.19. The molecule has 0 aliphatic rings. The monoisotopic (exact) mass is 321 g/mol. The van der Waals surface area contributed by atoms with Gasteiger partial charge in [0.15, 0.2) is 5.69 Å². The van der Waals surface area contributed by atoms with Crippen LogP contribution < -0.4 is 5.32 Å². The predicted octanol–water partition coefficient (Wildman–Crippen LogP) is 4.42. The van der Waals surface area contributed by atoms with Gasteiger partial charge >= 0.3 is 0 Å². The molecule has 0 aliphatic carbocycles. The Balaban J connectivity index is 1.84. The fourth-order valence-electron chi connectivity index (χ4n) is 2.45. The molecule has 2 aromatic carbocycles. The molecule has 1 aromatic heterocycles. The first-order chi connectivity index (χ1) is 11.5. The predicted molar refractivity (Wildman–Crippen MR) is 93.0 cm³/mol. The van der Waals surface area contributed by atoms with Crippen LogP contribution in [0.25, 0.3) is 11.3 Å². The van der Waals surface area contributed by atoms with Gasteiger partial charge in [0, 0.05) is 11.1 Å². The Morgan fingerprint density at radius 1 is 1.08 bits per heavy atom. The van der Waals surface area contributed by atoms with E-state index in [4.69, 9.17) is 4.63 Å². The number of aromatic nitrogens is 2. The zero-order valence-corrected chi connectivity index (χ0v) is 13.9. The zero-order chi connectivity index (χ0) is 17.1. The van der Waals surface area contributed by atoms with E-state index in [-0.39, 0.29) is 5.91 Å². The molecule has 5 nitrogen and oxygen atoms in total. The number of anilines is 1. The SMILES string of the molecule is Cc1cccc(C(=O)Nc2nonc2-c2ccc(C(C)C)cc2)c1. The molecule has 3 rings (SSSR count). The summed E-state index contributed by atoms with van der Waals surface area (Å²) in [4.78, 5) is 12.4. The number of carbonyl (C=O) groups is 1. The number of aryl methyl sites for hydroxylation is 1. The molecular formula is C19H19N3O2. The van der Waals surface area contributed by atoms with E-state index in [1.165, 1.54) is 5.56 Å². The standard InChI is InChI=1S/C19H19N3O2/c1-12(2)14-7-9-15(10-8-14)17-18(22-24-21-17)20-19(23)16-6-4-5-13(3)11-16/h4-12H,1-3H3,(H,20,22,23). The van der Waals surface area contributed by atoms with Crippen LogP contribution in [0, 0.1) is 6.92 Å². The van der Waals surface area contributed by atoms with Gasteiger partial charge in [0.25, 0.3) is 5.91 Å². The number of nitrogens with zero attached hydrogens (tertiary/aromatic N) is 2. The van der Waals surface area contributed by atoms with Gasteiger partial charge in [-0.25, -0.2) is 4.63 Å². The summed E-state index contributed by atoms with van der Waals surface area (Å²) >= 11 is 0. The molecule has 1 N–H and O–H groups in total. The number of nitrogens with one attached hydrogen (secondary N) is 1. The van der Waals surface area contributed by atoms with Gasteiger partial charge in [-0.2, -0.15) is 0 Å². The molecule has 0 fully saturated rings. The Kier molecular flexibility index (Phi) is 4.42. The highest BCUT2D eigenvalue weighted by Gasteiger charge is 2.16. The summed E-state index contributed by atoms with van der Waals surface area (Å²) in [5, 5.41) is 10.5. The summed E-state index contributed by atoms with van der Waals surface area (Å²) in [5.74, 6) is 0.531. The molecule has 0 saturated carbocycles. The van der Waals surface area contributed by atoms with Gasteiger partial charge in [-0.15, -0.1) is 0 Å². The van der Waals surface area contributed by atoms with Gasteiger partial charge in [-0.1, -0.05) is 55.8 Å². The summed E-state index contributed by atoms with van der Waals surface area (Å²) < 4.78 is 4.82. The summed E-state index contributed by atoms with van der Waals surface area (Å²) in [7, 11) is 0. The highest BCUT2D eigenvalue weighted by atomic mass is 16.6. The first-order valence-corrected chi connectivity index (χ1v) is 7.85. The molecule has 5 heteroatoms. The summed E-state index contributed by atoms with van der Waals surface area (Å²) in [6.07, 6.45) is 0. The molecule has 24 heavy (non-hydrogen) atoms. The minimum absolute atomic E-state index is 0.241. The maximum Gasteiger partial charge on any atom is 0.256 e. The van der Waals surface area contributed by atoms with Gasteiger partial charge in [0.2, 0.25) is 5.82 Å². The van der Waals surface area contributed by atoms with Crippen LogP contribution >= 0.6 is 0 Å². The number of hydrogen-bond donors (Lipinski definition) is 1. The lowest BCUT2D eigenvalue weighted by atomic mass is 10.0. The highest BCUT2D eigenvalue weighted by molar-refractivity contribution is 6.05. The largest absolute Gasteiger partial charge is 0.302 e. The van der Waals surface area contributed by atoms with Gasteiger partial charge in [-0.3, -0.25) is 4.79 Å². The number of hydrogen-bond acceptors (Lipinski definition) is 4. The van der Waals surface area contributed by atoms with Gasteiger partial charge in [-0.05, 0) is 40.9 Å². The van der Waals surface area contributed by atoms with E-state index in [0.29, 0.717) is 23.0 Å². The second kappa shape index (κ2) is 6.66. The van der Waals surface area contributed by atoms with Crippen molar-refractivity contribution in [1.29, 1.82) is 0 Å². The normalized spacial score (nSPS) is 10.8. The van der Waals surface area contributed by atoms with Crippen LogP contribution in [0.1, 0.15) is 41.3 Å². The maximum absolute atomic E-state index is 12.4. The molecule has 0 aliphatic heterocycles. The lowest BCUT2D eigenvalue weighted by Gasteiger charge is -2.07. The number of rotatable bonds is 4. The smallest absolute Gasteiger partial charge is 0.256 e. The average molecular weight is 321 g/mol. The van der Waals surface area contributed by atoms with Crippen molar-refractivity contribution in [1.82, 2.24) is 10.3 Å². The van der Waals surface area contributed by atoms with Crippen LogP contribution in [0.15, 0.2) is 53.2 Å². The van der Waals surface area contributed by atoms with Crippen molar-refractivity contribution in [2.24, 2.45) is 0 Å². The van der Waals surface area contributed by atoms with Crippen LogP contribution in [0.4, 0.5) is 5.82 Å². The average Bonchev–Trinajstić information content (AvgIpc) is 3.03. The Morgan fingerprint density at radius 3 is 2.50 bits per heavy atom. The molecule has 0 radical (unpaired) electrons. The van der Waals surface area contributed by atoms with E-state index in [9.17, 15) is 4.79 Å². The fraction of sp³-hybridized carbons (Fsp3) is 0.211. The van der Waals surface area contributed by atoms with Crippen LogP contribution in [-0.2, 0) is 0 Å². The Bertz CT molecular complexity index is 851. The Hall–Kier alpha value is -2.95. The molecule has 0 atom stereocenters. The van der Waals surface area contributed by atoms with Crippen molar-refractivity contribution in [2.45, 2.75) is 26.7 Å². The molecule has 0 saturated heterocycles. The zero-order valence-electron chi connectivity index (χ0n) is 13.9. The van der Waals surface area contributed by atoms with Crippen molar-refractivity contribution in [3.05, 3.63) is 65.2 Å². The topological polar surface area (TPSA) is 68.0 Å². The van der Waals surface area contributed by atoms with E-state index in [2.05, 4.69) is 29.5 Å². The molecule has 0 bridgehead atoms. The van der Waals surface area contributed by atoms with Crippen LogP contribution in [0.5, 0.6) is 0 Å². The van der Waals surface area contributed by atoms with E-state index in [1.54, 1.807) is 6.07 Å². The number of benzene rings is 2.